The van der Waals surface area contributed by atoms with E-state index in [9.17, 15) is 9.59 Å². The largest absolute Gasteiger partial charge is 0.481 e. The molecule has 1 rings (SSSR count). The van der Waals surface area contributed by atoms with Crippen molar-refractivity contribution in [3.63, 3.8) is 0 Å². The standard InChI is InChI=1S/C13H25N3O3/c1-10(2)9-11(14)13(19)16-7-5-15(6-8-16)4-3-12(17)18/h10-11H,3-9,14H2,1-2H3,(H,17,18). The van der Waals surface area contributed by atoms with Crippen LogP contribution in [0.1, 0.15) is 26.7 Å². The summed E-state index contributed by atoms with van der Waals surface area (Å²) in [6, 6.07) is -0.412. The highest BCUT2D eigenvalue weighted by atomic mass is 16.4. The Morgan fingerprint density at radius 2 is 1.79 bits per heavy atom. The summed E-state index contributed by atoms with van der Waals surface area (Å²) >= 11 is 0. The van der Waals surface area contributed by atoms with E-state index in [0.29, 0.717) is 32.0 Å². The van der Waals surface area contributed by atoms with Gasteiger partial charge in [0.15, 0.2) is 0 Å². The van der Waals surface area contributed by atoms with E-state index < -0.39 is 12.0 Å². The number of hydrogen-bond donors (Lipinski definition) is 2. The summed E-state index contributed by atoms with van der Waals surface area (Å²) in [5.41, 5.74) is 5.90. The zero-order valence-corrected chi connectivity index (χ0v) is 11.8. The van der Waals surface area contributed by atoms with Crippen LogP contribution >= 0.6 is 0 Å². The van der Waals surface area contributed by atoms with Crippen molar-refractivity contribution in [3.8, 4) is 0 Å². The SMILES string of the molecule is CC(C)CC(N)C(=O)N1CCN(CCC(=O)O)CC1. The van der Waals surface area contributed by atoms with Crippen LogP contribution in [-0.4, -0.2) is 65.5 Å². The second-order valence-electron chi connectivity index (χ2n) is 5.55. The number of carboxylic acid groups (broad SMARTS) is 1. The normalized spacial score (nSPS) is 18.6. The van der Waals surface area contributed by atoms with Gasteiger partial charge in [-0.15, -0.1) is 0 Å². The zero-order valence-electron chi connectivity index (χ0n) is 11.8. The number of piperazine rings is 1. The maximum atomic E-state index is 12.1. The molecule has 1 aliphatic rings. The van der Waals surface area contributed by atoms with Crippen LogP contribution in [0.3, 0.4) is 0 Å². The van der Waals surface area contributed by atoms with Crippen LogP contribution in [0.5, 0.6) is 0 Å². The fourth-order valence-electron chi connectivity index (χ4n) is 2.29. The molecule has 0 radical (unpaired) electrons. The molecule has 1 unspecified atom stereocenters. The van der Waals surface area contributed by atoms with Crippen molar-refractivity contribution in [2.75, 3.05) is 32.7 Å². The van der Waals surface area contributed by atoms with E-state index in [0.717, 1.165) is 13.1 Å². The molecular formula is C13H25N3O3. The summed E-state index contributed by atoms with van der Waals surface area (Å²) in [4.78, 5) is 26.5. The number of nitrogens with zero attached hydrogens (tertiary/aromatic N) is 2. The molecule has 0 aromatic heterocycles. The van der Waals surface area contributed by atoms with Gasteiger partial charge < -0.3 is 15.7 Å². The first-order valence-electron chi connectivity index (χ1n) is 6.88. The lowest BCUT2D eigenvalue weighted by molar-refractivity contribution is -0.138. The minimum atomic E-state index is -0.780. The van der Waals surface area contributed by atoms with Crippen molar-refractivity contribution in [1.29, 1.82) is 0 Å². The molecule has 0 aromatic carbocycles. The summed E-state index contributed by atoms with van der Waals surface area (Å²) in [5.74, 6) is -0.347. The van der Waals surface area contributed by atoms with E-state index in [1.54, 1.807) is 4.90 Å². The average Bonchev–Trinajstić information content (AvgIpc) is 2.35. The quantitative estimate of drug-likeness (QED) is 0.709. The second-order valence-corrected chi connectivity index (χ2v) is 5.55. The summed E-state index contributed by atoms with van der Waals surface area (Å²) in [5, 5.41) is 8.63. The summed E-state index contributed by atoms with van der Waals surface area (Å²) < 4.78 is 0. The molecular weight excluding hydrogens is 246 g/mol. The Bertz CT molecular complexity index is 312. The molecule has 3 N–H and O–H groups in total. The lowest BCUT2D eigenvalue weighted by Crippen LogP contribution is -2.53. The molecule has 1 amide bonds. The van der Waals surface area contributed by atoms with Crippen LogP contribution in [0.2, 0.25) is 0 Å². The number of amides is 1. The minimum absolute atomic E-state index is 0.0200. The molecule has 0 aromatic rings. The van der Waals surface area contributed by atoms with Crippen LogP contribution < -0.4 is 5.73 Å². The molecule has 6 nitrogen and oxygen atoms in total. The maximum absolute atomic E-state index is 12.1. The smallest absolute Gasteiger partial charge is 0.304 e. The predicted octanol–water partition coefficient (Wildman–Crippen LogP) is -0.0213. The Hall–Kier alpha value is -1.14. The van der Waals surface area contributed by atoms with Gasteiger partial charge in [0.2, 0.25) is 5.91 Å². The Kier molecular flexibility index (Phi) is 6.24. The van der Waals surface area contributed by atoms with Gasteiger partial charge in [-0.25, -0.2) is 0 Å². The highest BCUT2D eigenvalue weighted by molar-refractivity contribution is 5.81. The van der Waals surface area contributed by atoms with Gasteiger partial charge in [0.25, 0.3) is 0 Å². The number of nitrogens with two attached hydrogens (primary N) is 1. The topological polar surface area (TPSA) is 86.9 Å². The van der Waals surface area contributed by atoms with Crippen LogP contribution in [0, 0.1) is 5.92 Å². The Labute approximate surface area is 114 Å². The van der Waals surface area contributed by atoms with Crippen LogP contribution in [0.4, 0.5) is 0 Å². The number of carbonyl (C=O) groups excluding carboxylic acids is 1. The van der Waals surface area contributed by atoms with Gasteiger partial charge in [-0.2, -0.15) is 0 Å². The molecule has 1 saturated heterocycles. The molecule has 19 heavy (non-hydrogen) atoms. The van der Waals surface area contributed by atoms with Gasteiger partial charge in [0.1, 0.15) is 0 Å². The highest BCUT2D eigenvalue weighted by Crippen LogP contribution is 2.09. The van der Waals surface area contributed by atoms with Gasteiger partial charge in [-0.3, -0.25) is 14.5 Å². The Balaban J connectivity index is 2.32. The molecule has 0 aliphatic carbocycles. The fourth-order valence-corrected chi connectivity index (χ4v) is 2.29. The summed E-state index contributed by atoms with van der Waals surface area (Å²) in [6.07, 6.45) is 0.860. The lowest BCUT2D eigenvalue weighted by atomic mass is 10.0. The molecule has 6 heteroatoms. The van der Waals surface area contributed by atoms with E-state index >= 15 is 0 Å². The zero-order chi connectivity index (χ0) is 14.4. The molecule has 0 bridgehead atoms. The van der Waals surface area contributed by atoms with Crippen LogP contribution in [0.15, 0.2) is 0 Å². The first-order valence-corrected chi connectivity index (χ1v) is 6.88. The number of rotatable bonds is 6. The van der Waals surface area contributed by atoms with Crippen molar-refractivity contribution in [1.82, 2.24) is 9.80 Å². The molecule has 1 atom stereocenters. The van der Waals surface area contributed by atoms with Gasteiger partial charge >= 0.3 is 5.97 Å². The maximum Gasteiger partial charge on any atom is 0.304 e. The number of hydrogen-bond acceptors (Lipinski definition) is 4. The third-order valence-electron chi connectivity index (χ3n) is 3.37. The molecule has 0 spiro atoms. The first kappa shape index (κ1) is 15.9. The van der Waals surface area contributed by atoms with Gasteiger partial charge in [-0.05, 0) is 12.3 Å². The number of carboxylic acids is 1. The van der Waals surface area contributed by atoms with Crippen molar-refractivity contribution in [3.05, 3.63) is 0 Å². The number of carbonyl (C=O) groups is 2. The van der Waals surface area contributed by atoms with E-state index in [1.165, 1.54) is 0 Å². The lowest BCUT2D eigenvalue weighted by Gasteiger charge is -2.35. The fraction of sp³-hybridized carbons (Fsp3) is 0.846. The molecule has 0 saturated carbocycles. The van der Waals surface area contributed by atoms with Crippen molar-refractivity contribution >= 4 is 11.9 Å². The third kappa shape index (κ3) is 5.57. The molecule has 1 fully saturated rings. The van der Waals surface area contributed by atoms with Crippen LogP contribution in [0.25, 0.3) is 0 Å². The van der Waals surface area contributed by atoms with Crippen molar-refractivity contribution in [2.24, 2.45) is 11.7 Å². The molecule has 110 valence electrons. The third-order valence-corrected chi connectivity index (χ3v) is 3.37. The van der Waals surface area contributed by atoms with Crippen molar-refractivity contribution in [2.45, 2.75) is 32.7 Å². The average molecular weight is 271 g/mol. The van der Waals surface area contributed by atoms with Gasteiger partial charge in [0, 0.05) is 32.7 Å². The summed E-state index contributed by atoms with van der Waals surface area (Å²) in [7, 11) is 0. The number of aliphatic carboxylic acids is 1. The highest BCUT2D eigenvalue weighted by Gasteiger charge is 2.25. The van der Waals surface area contributed by atoms with E-state index in [-0.39, 0.29) is 12.3 Å². The minimum Gasteiger partial charge on any atom is -0.481 e. The van der Waals surface area contributed by atoms with Gasteiger partial charge in [0.05, 0.1) is 12.5 Å². The first-order chi connectivity index (χ1) is 8.90. The van der Waals surface area contributed by atoms with E-state index in [2.05, 4.69) is 18.7 Å². The van der Waals surface area contributed by atoms with Gasteiger partial charge in [-0.1, -0.05) is 13.8 Å². The molecule has 1 heterocycles. The second kappa shape index (κ2) is 7.45. The Morgan fingerprint density at radius 3 is 2.26 bits per heavy atom. The van der Waals surface area contributed by atoms with Crippen LogP contribution in [-0.2, 0) is 9.59 Å². The Morgan fingerprint density at radius 1 is 1.21 bits per heavy atom. The molecule has 1 aliphatic heterocycles. The van der Waals surface area contributed by atoms with E-state index in [4.69, 9.17) is 10.8 Å². The predicted molar refractivity (Wildman–Crippen MR) is 72.7 cm³/mol. The summed E-state index contributed by atoms with van der Waals surface area (Å²) in [6.45, 7) is 7.40. The van der Waals surface area contributed by atoms with E-state index in [1.807, 2.05) is 0 Å². The van der Waals surface area contributed by atoms with Crippen molar-refractivity contribution < 1.29 is 14.7 Å². The monoisotopic (exact) mass is 271 g/mol.